The lowest BCUT2D eigenvalue weighted by Gasteiger charge is -2.38. The lowest BCUT2D eigenvalue weighted by atomic mass is 10.1. The number of nitrogens with one attached hydrogen (secondary N) is 1. The van der Waals surface area contributed by atoms with Crippen molar-refractivity contribution in [3.63, 3.8) is 0 Å². The van der Waals surface area contributed by atoms with E-state index in [0.29, 0.717) is 0 Å². The first-order valence-electron chi connectivity index (χ1n) is 5.92. The molecule has 0 bridgehead atoms. The molecule has 0 unspecified atom stereocenters. The Balaban J connectivity index is 2.40. The molecule has 4 heteroatoms. The predicted octanol–water partition coefficient (Wildman–Crippen LogP) is 1.52. The molecule has 1 aliphatic heterocycles. The molecule has 0 aromatic carbocycles. The van der Waals surface area contributed by atoms with E-state index in [1.165, 1.54) is 0 Å². The SMILES string of the molecule is CC(C)(CN1CCNCC1)O[Si](C)(C)C. The summed E-state index contributed by atoms with van der Waals surface area (Å²) in [4.78, 5) is 2.50. The topological polar surface area (TPSA) is 24.5 Å². The van der Waals surface area contributed by atoms with Gasteiger partial charge in [-0.3, -0.25) is 4.90 Å². The van der Waals surface area contributed by atoms with Gasteiger partial charge in [-0.2, -0.15) is 0 Å². The van der Waals surface area contributed by atoms with Gasteiger partial charge >= 0.3 is 0 Å². The van der Waals surface area contributed by atoms with Crippen LogP contribution in [0.5, 0.6) is 0 Å². The molecule has 0 atom stereocenters. The van der Waals surface area contributed by atoms with Crippen molar-refractivity contribution in [2.75, 3.05) is 32.7 Å². The summed E-state index contributed by atoms with van der Waals surface area (Å²) in [7, 11) is -1.42. The van der Waals surface area contributed by atoms with Crippen molar-refractivity contribution in [2.45, 2.75) is 39.1 Å². The van der Waals surface area contributed by atoms with Gasteiger partial charge in [-0.05, 0) is 33.5 Å². The molecule has 1 N–H and O–H groups in total. The van der Waals surface area contributed by atoms with Crippen molar-refractivity contribution in [3.05, 3.63) is 0 Å². The van der Waals surface area contributed by atoms with Crippen molar-refractivity contribution < 1.29 is 4.43 Å². The molecule has 1 aliphatic rings. The number of piperazine rings is 1. The maximum Gasteiger partial charge on any atom is 0.184 e. The third kappa shape index (κ3) is 5.66. The van der Waals surface area contributed by atoms with E-state index in [9.17, 15) is 0 Å². The Hall–Kier alpha value is 0.0969. The van der Waals surface area contributed by atoms with Crippen molar-refractivity contribution in [3.8, 4) is 0 Å². The van der Waals surface area contributed by atoms with Crippen molar-refractivity contribution >= 4 is 8.32 Å². The highest BCUT2D eigenvalue weighted by atomic mass is 28.4. The summed E-state index contributed by atoms with van der Waals surface area (Å²) >= 11 is 0. The Morgan fingerprint density at radius 3 is 2.20 bits per heavy atom. The zero-order valence-corrected chi connectivity index (χ0v) is 11.9. The van der Waals surface area contributed by atoms with Gasteiger partial charge in [0.25, 0.3) is 0 Å². The summed E-state index contributed by atoms with van der Waals surface area (Å²) in [5, 5.41) is 3.37. The van der Waals surface area contributed by atoms with Crippen LogP contribution in [0.15, 0.2) is 0 Å². The minimum absolute atomic E-state index is 0.00180. The molecule has 90 valence electrons. The van der Waals surface area contributed by atoms with Crippen molar-refractivity contribution in [1.82, 2.24) is 10.2 Å². The smallest absolute Gasteiger partial charge is 0.184 e. The van der Waals surface area contributed by atoms with Gasteiger partial charge in [0.15, 0.2) is 8.32 Å². The molecular weight excluding hydrogens is 204 g/mol. The number of rotatable bonds is 4. The second kappa shape index (κ2) is 4.95. The highest BCUT2D eigenvalue weighted by Crippen LogP contribution is 2.18. The standard InChI is InChI=1S/C11H26N2OSi/c1-11(2,14-15(3,4)5)10-13-8-6-12-7-9-13/h12H,6-10H2,1-5H3. The molecule has 0 radical (unpaired) electrons. The zero-order valence-electron chi connectivity index (χ0n) is 10.9. The quantitative estimate of drug-likeness (QED) is 0.741. The summed E-state index contributed by atoms with van der Waals surface area (Å²) in [6.07, 6.45) is 0. The Morgan fingerprint density at radius 2 is 1.73 bits per heavy atom. The third-order valence-corrected chi connectivity index (χ3v) is 3.56. The van der Waals surface area contributed by atoms with Crippen LogP contribution < -0.4 is 5.32 Å². The van der Waals surface area contributed by atoms with E-state index in [1.54, 1.807) is 0 Å². The first kappa shape index (κ1) is 13.2. The maximum absolute atomic E-state index is 6.20. The minimum atomic E-state index is -1.42. The maximum atomic E-state index is 6.20. The third-order valence-electron chi connectivity index (χ3n) is 2.40. The van der Waals surface area contributed by atoms with Crippen LogP contribution in [0.2, 0.25) is 19.6 Å². The predicted molar refractivity (Wildman–Crippen MR) is 67.8 cm³/mol. The highest BCUT2D eigenvalue weighted by Gasteiger charge is 2.29. The minimum Gasteiger partial charge on any atom is -0.411 e. The normalized spacial score (nSPS) is 20.6. The van der Waals surface area contributed by atoms with Crippen molar-refractivity contribution in [1.29, 1.82) is 0 Å². The van der Waals surface area contributed by atoms with Gasteiger partial charge in [-0.25, -0.2) is 0 Å². The fraction of sp³-hybridized carbons (Fsp3) is 1.00. The summed E-state index contributed by atoms with van der Waals surface area (Å²) < 4.78 is 6.20. The van der Waals surface area contributed by atoms with Crippen LogP contribution >= 0.6 is 0 Å². The first-order chi connectivity index (χ1) is 6.79. The fourth-order valence-corrected chi connectivity index (χ4v) is 3.99. The second-order valence-electron chi connectivity index (χ2n) is 6.00. The van der Waals surface area contributed by atoms with Crippen LogP contribution in [0.3, 0.4) is 0 Å². The summed E-state index contributed by atoms with van der Waals surface area (Å²) in [6.45, 7) is 16.8. The van der Waals surface area contributed by atoms with Crippen LogP contribution in [0.1, 0.15) is 13.8 Å². The monoisotopic (exact) mass is 230 g/mol. The van der Waals surface area contributed by atoms with Crippen LogP contribution in [0, 0.1) is 0 Å². The molecule has 0 aromatic heterocycles. The molecule has 0 saturated carbocycles. The lowest BCUT2D eigenvalue weighted by molar-refractivity contribution is 0.0484. The van der Waals surface area contributed by atoms with E-state index in [1.807, 2.05) is 0 Å². The Labute approximate surface area is 95.3 Å². The van der Waals surface area contributed by atoms with Crippen LogP contribution in [-0.2, 0) is 4.43 Å². The average Bonchev–Trinajstić information content (AvgIpc) is 1.99. The summed E-state index contributed by atoms with van der Waals surface area (Å²) in [5.41, 5.74) is 0.00180. The Morgan fingerprint density at radius 1 is 1.20 bits per heavy atom. The fourth-order valence-electron chi connectivity index (χ4n) is 2.27. The van der Waals surface area contributed by atoms with Gasteiger partial charge in [-0.15, -0.1) is 0 Å². The first-order valence-corrected chi connectivity index (χ1v) is 9.33. The molecule has 0 aliphatic carbocycles. The van der Waals surface area contributed by atoms with Gasteiger partial charge in [0.2, 0.25) is 0 Å². The molecule has 15 heavy (non-hydrogen) atoms. The van der Waals surface area contributed by atoms with Gasteiger partial charge in [-0.1, -0.05) is 0 Å². The zero-order chi connectivity index (χ0) is 11.5. The summed E-state index contributed by atoms with van der Waals surface area (Å²) in [6, 6.07) is 0. The average molecular weight is 230 g/mol. The Bertz CT molecular complexity index is 195. The molecule has 1 heterocycles. The lowest BCUT2D eigenvalue weighted by Crippen LogP contribution is -2.51. The largest absolute Gasteiger partial charge is 0.411 e. The summed E-state index contributed by atoms with van der Waals surface area (Å²) in [5.74, 6) is 0. The molecule has 0 spiro atoms. The van der Waals surface area contributed by atoms with Crippen LogP contribution in [0.25, 0.3) is 0 Å². The van der Waals surface area contributed by atoms with E-state index in [-0.39, 0.29) is 5.60 Å². The Kier molecular flexibility index (Phi) is 4.35. The molecule has 0 amide bonds. The molecule has 3 nitrogen and oxygen atoms in total. The molecule has 0 aromatic rings. The van der Waals surface area contributed by atoms with E-state index in [2.05, 4.69) is 43.7 Å². The molecule has 1 rings (SSSR count). The van der Waals surface area contributed by atoms with E-state index in [0.717, 1.165) is 32.7 Å². The van der Waals surface area contributed by atoms with Gasteiger partial charge < -0.3 is 9.74 Å². The van der Waals surface area contributed by atoms with Crippen LogP contribution in [0.4, 0.5) is 0 Å². The number of hydrogen-bond donors (Lipinski definition) is 1. The van der Waals surface area contributed by atoms with E-state index < -0.39 is 8.32 Å². The van der Waals surface area contributed by atoms with Gasteiger partial charge in [0.05, 0.1) is 5.60 Å². The molecular formula is C11H26N2OSi. The van der Waals surface area contributed by atoms with E-state index in [4.69, 9.17) is 4.43 Å². The van der Waals surface area contributed by atoms with E-state index >= 15 is 0 Å². The van der Waals surface area contributed by atoms with Crippen molar-refractivity contribution in [2.24, 2.45) is 0 Å². The molecule has 1 saturated heterocycles. The molecule has 1 fully saturated rings. The van der Waals surface area contributed by atoms with Crippen LogP contribution in [-0.4, -0.2) is 51.5 Å². The second-order valence-corrected chi connectivity index (χ2v) is 10.4. The highest BCUT2D eigenvalue weighted by molar-refractivity contribution is 6.69. The number of nitrogens with zero attached hydrogens (tertiary/aromatic N) is 1. The number of hydrogen-bond acceptors (Lipinski definition) is 3. The van der Waals surface area contributed by atoms with Gasteiger partial charge in [0, 0.05) is 32.7 Å². The van der Waals surface area contributed by atoms with Gasteiger partial charge in [0.1, 0.15) is 0 Å².